The topological polar surface area (TPSA) is 57.6 Å². The number of carbonyl (C=O) groups excluding carboxylic acids is 1. The Balaban J connectivity index is 1.97. The molecule has 2 rings (SSSR count). The Morgan fingerprint density at radius 2 is 1.95 bits per heavy atom. The second-order valence-corrected chi connectivity index (χ2v) is 6.01. The summed E-state index contributed by atoms with van der Waals surface area (Å²) in [7, 11) is 0. The van der Waals surface area contributed by atoms with E-state index in [1.165, 1.54) is 0 Å². The summed E-state index contributed by atoms with van der Waals surface area (Å²) < 4.78 is 0.270. The average molecular weight is 331 g/mol. The van der Waals surface area contributed by atoms with Gasteiger partial charge in [0.25, 0.3) is 5.91 Å². The van der Waals surface area contributed by atoms with Crippen molar-refractivity contribution >= 4 is 46.3 Å². The molecule has 0 atom stereocenters. The largest absolute Gasteiger partial charge is 0.480 e. The summed E-state index contributed by atoms with van der Waals surface area (Å²) in [6, 6.07) is 9.84. The quantitative estimate of drug-likeness (QED) is 0.510. The highest BCUT2D eigenvalue weighted by molar-refractivity contribution is 8.26. The van der Waals surface area contributed by atoms with E-state index in [0.717, 1.165) is 22.2 Å². The van der Waals surface area contributed by atoms with Crippen LogP contribution in [0.2, 0.25) is 0 Å². The molecule has 0 bridgehead atoms. The van der Waals surface area contributed by atoms with Crippen LogP contribution in [0.15, 0.2) is 59.5 Å². The van der Waals surface area contributed by atoms with E-state index in [9.17, 15) is 9.59 Å². The van der Waals surface area contributed by atoms with E-state index < -0.39 is 12.5 Å². The first-order chi connectivity index (χ1) is 10.6. The van der Waals surface area contributed by atoms with Crippen LogP contribution in [0.3, 0.4) is 0 Å². The van der Waals surface area contributed by atoms with Crippen LogP contribution in [0, 0.1) is 0 Å². The van der Waals surface area contributed by atoms with Gasteiger partial charge in [-0.05, 0) is 11.6 Å². The maximum atomic E-state index is 12.0. The number of nitrogens with zero attached hydrogens (tertiary/aromatic N) is 1. The zero-order valence-electron chi connectivity index (χ0n) is 11.5. The summed E-state index contributed by atoms with van der Waals surface area (Å²) in [4.78, 5) is 24.2. The number of thiocarbonyl (C=S) groups is 1. The molecule has 1 amide bonds. The molecule has 0 spiro atoms. The van der Waals surface area contributed by atoms with Gasteiger partial charge >= 0.3 is 5.97 Å². The monoisotopic (exact) mass is 331 g/mol. The molecule has 1 aromatic carbocycles. The number of allylic oxidation sites excluding steroid dienone is 4. The van der Waals surface area contributed by atoms with E-state index in [-0.39, 0.29) is 10.2 Å². The molecule has 1 saturated heterocycles. The van der Waals surface area contributed by atoms with Gasteiger partial charge < -0.3 is 5.11 Å². The van der Waals surface area contributed by atoms with Crippen LogP contribution in [-0.4, -0.2) is 32.7 Å². The van der Waals surface area contributed by atoms with Gasteiger partial charge in [0.15, 0.2) is 0 Å². The number of amides is 1. The molecule has 22 heavy (non-hydrogen) atoms. The molecule has 1 aromatic rings. The molecule has 0 aromatic heterocycles. The van der Waals surface area contributed by atoms with Crippen molar-refractivity contribution < 1.29 is 14.7 Å². The fraction of sp³-hybridized carbons (Fsp3) is 0.0625. The third-order valence-corrected chi connectivity index (χ3v) is 4.12. The number of hydrogen-bond donors (Lipinski definition) is 1. The van der Waals surface area contributed by atoms with Gasteiger partial charge in [-0.15, -0.1) is 0 Å². The lowest BCUT2D eigenvalue weighted by molar-refractivity contribution is -0.140. The Hall–Kier alpha value is -2.18. The molecule has 1 heterocycles. The molecule has 112 valence electrons. The lowest BCUT2D eigenvalue weighted by atomic mass is 10.2. The minimum atomic E-state index is -1.08. The third-order valence-electron chi connectivity index (χ3n) is 2.73. The van der Waals surface area contributed by atoms with Crippen LogP contribution in [0.25, 0.3) is 6.08 Å². The summed E-state index contributed by atoms with van der Waals surface area (Å²) in [5.74, 6) is -1.45. The van der Waals surface area contributed by atoms with Crippen LogP contribution in [0.4, 0.5) is 0 Å². The Morgan fingerprint density at radius 1 is 1.23 bits per heavy atom. The van der Waals surface area contributed by atoms with Crippen molar-refractivity contribution in [2.75, 3.05) is 6.54 Å². The van der Waals surface area contributed by atoms with Gasteiger partial charge in [-0.1, -0.05) is 78.6 Å². The summed E-state index contributed by atoms with van der Waals surface area (Å²) in [6.45, 7) is -0.403. The van der Waals surface area contributed by atoms with Crippen LogP contribution in [-0.2, 0) is 9.59 Å². The third kappa shape index (κ3) is 4.41. The Labute approximate surface area is 137 Å². The highest BCUT2D eigenvalue weighted by Gasteiger charge is 2.32. The number of carboxylic acid groups (broad SMARTS) is 1. The first-order valence-electron chi connectivity index (χ1n) is 6.43. The van der Waals surface area contributed by atoms with Crippen molar-refractivity contribution in [2.45, 2.75) is 0 Å². The molecule has 6 heteroatoms. The van der Waals surface area contributed by atoms with Crippen molar-refractivity contribution in [1.82, 2.24) is 4.90 Å². The minimum absolute atomic E-state index is 0.270. The van der Waals surface area contributed by atoms with Crippen LogP contribution >= 0.6 is 24.0 Å². The predicted octanol–water partition coefficient (Wildman–Crippen LogP) is 3.08. The predicted molar refractivity (Wildman–Crippen MR) is 92.2 cm³/mol. The fourth-order valence-electron chi connectivity index (χ4n) is 1.72. The molecule has 0 saturated carbocycles. The van der Waals surface area contributed by atoms with Crippen LogP contribution < -0.4 is 0 Å². The van der Waals surface area contributed by atoms with E-state index in [1.807, 2.05) is 42.5 Å². The zero-order chi connectivity index (χ0) is 15.9. The summed E-state index contributed by atoms with van der Waals surface area (Å²) >= 11 is 6.11. The van der Waals surface area contributed by atoms with Gasteiger partial charge in [0.2, 0.25) is 0 Å². The fourth-order valence-corrected chi connectivity index (χ4v) is 2.93. The molecule has 1 fully saturated rings. The molecule has 1 aliphatic rings. The van der Waals surface area contributed by atoms with E-state index in [4.69, 9.17) is 17.3 Å². The van der Waals surface area contributed by atoms with Crippen molar-refractivity contribution in [3.63, 3.8) is 0 Å². The molecule has 1 N–H and O–H groups in total. The van der Waals surface area contributed by atoms with Gasteiger partial charge in [-0.2, -0.15) is 0 Å². The summed E-state index contributed by atoms with van der Waals surface area (Å²) in [5.41, 5.74) is 1.08. The van der Waals surface area contributed by atoms with Gasteiger partial charge in [0.05, 0.1) is 4.91 Å². The van der Waals surface area contributed by atoms with E-state index in [1.54, 1.807) is 18.2 Å². The van der Waals surface area contributed by atoms with Crippen LogP contribution in [0.1, 0.15) is 5.56 Å². The van der Waals surface area contributed by atoms with Crippen molar-refractivity contribution in [1.29, 1.82) is 0 Å². The number of hydrogen-bond acceptors (Lipinski definition) is 4. The van der Waals surface area contributed by atoms with E-state index in [2.05, 4.69) is 0 Å². The average Bonchev–Trinajstić information content (AvgIpc) is 2.75. The highest BCUT2D eigenvalue weighted by atomic mass is 32.2. The van der Waals surface area contributed by atoms with Crippen molar-refractivity contribution in [3.8, 4) is 0 Å². The van der Waals surface area contributed by atoms with Crippen molar-refractivity contribution in [3.05, 3.63) is 65.1 Å². The highest BCUT2D eigenvalue weighted by Crippen LogP contribution is 2.30. The second-order valence-electron chi connectivity index (χ2n) is 4.34. The van der Waals surface area contributed by atoms with Crippen LogP contribution in [0.5, 0.6) is 0 Å². The Morgan fingerprint density at radius 3 is 2.64 bits per heavy atom. The maximum absolute atomic E-state index is 12.0. The molecular weight excluding hydrogens is 318 g/mol. The summed E-state index contributed by atoms with van der Waals surface area (Å²) in [5, 5.41) is 8.74. The lowest BCUT2D eigenvalue weighted by Gasteiger charge is -2.09. The summed E-state index contributed by atoms with van der Waals surface area (Å²) in [6.07, 6.45) is 8.98. The molecular formula is C16H13NO3S2. The normalized spacial score (nSPS) is 17.3. The van der Waals surface area contributed by atoms with Gasteiger partial charge in [-0.25, -0.2) is 0 Å². The number of benzene rings is 1. The molecule has 0 radical (unpaired) electrons. The van der Waals surface area contributed by atoms with Crippen molar-refractivity contribution in [2.24, 2.45) is 0 Å². The minimum Gasteiger partial charge on any atom is -0.480 e. The van der Waals surface area contributed by atoms with E-state index in [0.29, 0.717) is 4.91 Å². The maximum Gasteiger partial charge on any atom is 0.323 e. The molecule has 4 nitrogen and oxygen atoms in total. The number of rotatable bonds is 5. The van der Waals surface area contributed by atoms with E-state index >= 15 is 0 Å². The lowest BCUT2D eigenvalue weighted by Crippen LogP contribution is -2.33. The number of carboxylic acids is 1. The smallest absolute Gasteiger partial charge is 0.323 e. The number of thioether (sulfide) groups is 1. The zero-order valence-corrected chi connectivity index (χ0v) is 13.1. The number of aliphatic carboxylic acids is 1. The molecule has 0 aliphatic carbocycles. The molecule has 0 unspecified atom stereocenters. The van der Waals surface area contributed by atoms with Gasteiger partial charge in [0.1, 0.15) is 10.9 Å². The first-order valence-corrected chi connectivity index (χ1v) is 7.66. The van der Waals surface area contributed by atoms with Gasteiger partial charge in [0, 0.05) is 0 Å². The standard InChI is InChI=1S/C16H13NO3S2/c18-14(19)11-17-15(20)13(22-16(17)21)10-6-2-5-9-12-7-3-1-4-8-12/h1-10H,11H2,(H,18,19). The SMILES string of the molecule is O=C(O)CN1C(=O)C(=CC=CC=Cc2ccccc2)SC1=S. The Bertz CT molecular complexity index is 678. The Kier molecular flexibility index (Phi) is 5.68. The van der Waals surface area contributed by atoms with Gasteiger partial charge in [-0.3, -0.25) is 14.5 Å². The molecule has 1 aliphatic heterocycles. The first kappa shape index (κ1) is 16.2. The second kappa shape index (κ2) is 7.72. The number of carbonyl (C=O) groups is 2.